The molecule has 8 nitrogen and oxygen atoms in total. The summed E-state index contributed by atoms with van der Waals surface area (Å²) in [7, 11) is 1.55. The number of halogens is 1. The minimum absolute atomic E-state index is 0.0192. The highest BCUT2D eigenvalue weighted by molar-refractivity contribution is 5.79. The van der Waals surface area contributed by atoms with Crippen LogP contribution in [0.1, 0.15) is 11.1 Å². The molecule has 2 aromatic heterocycles. The molecule has 0 saturated carbocycles. The first-order valence-corrected chi connectivity index (χ1v) is 10.2. The number of hydrogen-bond donors (Lipinski definition) is 1. The molecule has 2 aromatic carbocycles. The Morgan fingerprint density at radius 3 is 2.39 bits per heavy atom. The summed E-state index contributed by atoms with van der Waals surface area (Å²) in [6, 6.07) is 15.9. The van der Waals surface area contributed by atoms with E-state index in [0.717, 1.165) is 10.1 Å². The van der Waals surface area contributed by atoms with Crippen LogP contribution in [-0.2, 0) is 24.4 Å². The van der Waals surface area contributed by atoms with E-state index in [4.69, 9.17) is 4.74 Å². The Balaban J connectivity index is 1.65. The number of pyridine rings is 1. The molecule has 4 rings (SSSR count). The van der Waals surface area contributed by atoms with Crippen molar-refractivity contribution in [1.82, 2.24) is 19.4 Å². The van der Waals surface area contributed by atoms with Gasteiger partial charge in [-0.05, 0) is 47.5 Å². The lowest BCUT2D eigenvalue weighted by molar-refractivity contribution is -0.121. The average Bonchev–Trinajstić information content (AvgIpc) is 2.84. The van der Waals surface area contributed by atoms with Gasteiger partial charge in [0.05, 0.1) is 19.2 Å². The van der Waals surface area contributed by atoms with Crippen LogP contribution in [-0.4, -0.2) is 27.1 Å². The van der Waals surface area contributed by atoms with Crippen molar-refractivity contribution in [3.8, 4) is 5.75 Å². The molecule has 0 fully saturated rings. The van der Waals surface area contributed by atoms with E-state index in [1.807, 2.05) is 0 Å². The molecule has 0 bridgehead atoms. The second-order valence-corrected chi connectivity index (χ2v) is 7.38. The molecular weight excluding hydrogens is 427 g/mol. The largest absolute Gasteiger partial charge is 0.497 e. The standard InChI is InChI=1S/C24H21FN4O4/c1-33-19-10-6-17(7-11-19)14-29-23(31)22-20(3-2-12-26-22)28(24(29)32)15-21(30)27-13-16-4-8-18(25)9-5-16/h2-12H,13-15H2,1H3,(H,27,30). The topological polar surface area (TPSA) is 95.2 Å². The van der Waals surface area contributed by atoms with Gasteiger partial charge in [-0.3, -0.25) is 18.7 Å². The number of methoxy groups -OCH3 is 1. The van der Waals surface area contributed by atoms with E-state index >= 15 is 0 Å². The zero-order valence-electron chi connectivity index (χ0n) is 17.8. The minimum atomic E-state index is -0.617. The smallest absolute Gasteiger partial charge is 0.332 e. The molecule has 168 valence electrons. The first kappa shape index (κ1) is 21.9. The van der Waals surface area contributed by atoms with Crippen LogP contribution in [0.4, 0.5) is 4.39 Å². The predicted molar refractivity (Wildman–Crippen MR) is 121 cm³/mol. The van der Waals surface area contributed by atoms with E-state index in [1.165, 1.54) is 22.9 Å². The van der Waals surface area contributed by atoms with Crippen molar-refractivity contribution < 1.29 is 13.9 Å². The highest BCUT2D eigenvalue weighted by Gasteiger charge is 2.16. The van der Waals surface area contributed by atoms with Crippen LogP contribution in [0.25, 0.3) is 11.0 Å². The normalized spacial score (nSPS) is 10.8. The van der Waals surface area contributed by atoms with E-state index < -0.39 is 17.2 Å². The van der Waals surface area contributed by atoms with E-state index in [0.29, 0.717) is 11.3 Å². The summed E-state index contributed by atoms with van der Waals surface area (Å²) in [5, 5.41) is 2.71. The molecule has 0 aliphatic carbocycles. The zero-order valence-corrected chi connectivity index (χ0v) is 17.8. The van der Waals surface area contributed by atoms with Crippen LogP contribution in [0.15, 0.2) is 76.4 Å². The molecule has 2 heterocycles. The quantitative estimate of drug-likeness (QED) is 0.467. The Bertz CT molecular complexity index is 1410. The van der Waals surface area contributed by atoms with Crippen molar-refractivity contribution in [2.45, 2.75) is 19.6 Å². The summed E-state index contributed by atoms with van der Waals surface area (Å²) in [6.07, 6.45) is 1.46. The zero-order chi connectivity index (χ0) is 23.4. The van der Waals surface area contributed by atoms with Crippen LogP contribution in [0.2, 0.25) is 0 Å². The van der Waals surface area contributed by atoms with Gasteiger partial charge in [0.15, 0.2) is 5.52 Å². The predicted octanol–water partition coefficient (Wildman–Crippen LogP) is 2.07. The summed E-state index contributed by atoms with van der Waals surface area (Å²) in [4.78, 5) is 43.0. The highest BCUT2D eigenvalue weighted by atomic mass is 19.1. The fourth-order valence-electron chi connectivity index (χ4n) is 3.45. The number of nitrogens with one attached hydrogen (secondary N) is 1. The van der Waals surface area contributed by atoms with Gasteiger partial charge < -0.3 is 10.1 Å². The Hall–Kier alpha value is -4.27. The van der Waals surface area contributed by atoms with Gasteiger partial charge in [0, 0.05) is 12.7 Å². The Morgan fingerprint density at radius 1 is 1.00 bits per heavy atom. The molecule has 0 unspecified atom stereocenters. The lowest BCUT2D eigenvalue weighted by Crippen LogP contribution is -2.43. The van der Waals surface area contributed by atoms with Crippen molar-refractivity contribution in [2.24, 2.45) is 0 Å². The number of nitrogens with zero attached hydrogens (tertiary/aromatic N) is 3. The molecule has 1 amide bonds. The molecule has 4 aromatic rings. The maximum Gasteiger partial charge on any atom is 0.332 e. The Morgan fingerprint density at radius 2 is 1.70 bits per heavy atom. The van der Waals surface area contributed by atoms with Crippen molar-refractivity contribution in [3.05, 3.63) is 105 Å². The van der Waals surface area contributed by atoms with Gasteiger partial charge in [0.2, 0.25) is 5.91 Å². The summed E-state index contributed by atoms with van der Waals surface area (Å²) in [5.41, 5.74) is 0.653. The molecule has 0 spiro atoms. The average molecular weight is 448 g/mol. The third-order valence-corrected chi connectivity index (χ3v) is 5.19. The number of amides is 1. The number of ether oxygens (including phenoxy) is 1. The molecule has 9 heteroatoms. The monoisotopic (exact) mass is 448 g/mol. The van der Waals surface area contributed by atoms with Gasteiger partial charge in [0.1, 0.15) is 18.1 Å². The van der Waals surface area contributed by atoms with Crippen LogP contribution in [0.5, 0.6) is 5.75 Å². The molecule has 0 atom stereocenters. The SMILES string of the molecule is COc1ccc(Cn2c(=O)c3ncccc3n(CC(=O)NCc3ccc(F)cc3)c2=O)cc1. The van der Waals surface area contributed by atoms with Crippen LogP contribution < -0.4 is 21.3 Å². The number of carbonyl (C=O) groups excluding carboxylic acids is 1. The lowest BCUT2D eigenvalue weighted by Gasteiger charge is -2.14. The Kier molecular flexibility index (Phi) is 6.30. The second kappa shape index (κ2) is 9.47. The van der Waals surface area contributed by atoms with Gasteiger partial charge in [-0.25, -0.2) is 14.2 Å². The van der Waals surface area contributed by atoms with Crippen molar-refractivity contribution >= 4 is 16.9 Å². The fraction of sp³-hybridized carbons (Fsp3) is 0.167. The first-order valence-electron chi connectivity index (χ1n) is 10.2. The van der Waals surface area contributed by atoms with Gasteiger partial charge in [-0.2, -0.15) is 0 Å². The number of hydrogen-bond acceptors (Lipinski definition) is 5. The molecule has 0 aliphatic heterocycles. The number of benzene rings is 2. The molecule has 0 aliphatic rings. The van der Waals surface area contributed by atoms with Crippen LogP contribution >= 0.6 is 0 Å². The number of rotatable bonds is 7. The molecule has 1 N–H and O–H groups in total. The molecular formula is C24H21FN4O4. The second-order valence-electron chi connectivity index (χ2n) is 7.38. The molecule has 33 heavy (non-hydrogen) atoms. The van der Waals surface area contributed by atoms with E-state index in [1.54, 1.807) is 55.6 Å². The van der Waals surface area contributed by atoms with E-state index in [-0.39, 0.29) is 36.5 Å². The third-order valence-electron chi connectivity index (χ3n) is 5.19. The fourth-order valence-corrected chi connectivity index (χ4v) is 3.45. The molecule has 0 radical (unpaired) electrons. The summed E-state index contributed by atoms with van der Waals surface area (Å²) in [6.45, 7) is -0.105. The molecule has 0 saturated heterocycles. The summed E-state index contributed by atoms with van der Waals surface area (Å²) >= 11 is 0. The number of fused-ring (bicyclic) bond motifs is 1. The maximum atomic E-state index is 13.2. The van der Waals surface area contributed by atoms with Crippen LogP contribution in [0.3, 0.4) is 0 Å². The minimum Gasteiger partial charge on any atom is -0.497 e. The maximum absolute atomic E-state index is 13.2. The highest BCUT2D eigenvalue weighted by Crippen LogP contribution is 2.12. The summed E-state index contributed by atoms with van der Waals surface area (Å²) < 4.78 is 20.5. The van der Waals surface area contributed by atoms with Gasteiger partial charge in [0.25, 0.3) is 5.56 Å². The van der Waals surface area contributed by atoms with E-state index in [9.17, 15) is 18.8 Å². The van der Waals surface area contributed by atoms with E-state index in [2.05, 4.69) is 10.3 Å². The van der Waals surface area contributed by atoms with Gasteiger partial charge in [-0.15, -0.1) is 0 Å². The van der Waals surface area contributed by atoms with Crippen molar-refractivity contribution in [3.63, 3.8) is 0 Å². The number of aromatic nitrogens is 3. The van der Waals surface area contributed by atoms with Crippen LogP contribution in [0, 0.1) is 5.82 Å². The Labute approximate surface area is 187 Å². The van der Waals surface area contributed by atoms with Crippen molar-refractivity contribution in [2.75, 3.05) is 7.11 Å². The number of carbonyl (C=O) groups is 1. The lowest BCUT2D eigenvalue weighted by atomic mass is 10.2. The summed E-state index contributed by atoms with van der Waals surface area (Å²) in [5.74, 6) is -0.141. The van der Waals surface area contributed by atoms with Crippen molar-refractivity contribution in [1.29, 1.82) is 0 Å². The first-order chi connectivity index (χ1) is 16.0. The van der Waals surface area contributed by atoms with Gasteiger partial charge in [-0.1, -0.05) is 24.3 Å². The third kappa shape index (κ3) is 4.82. The van der Waals surface area contributed by atoms with Gasteiger partial charge >= 0.3 is 5.69 Å².